The van der Waals surface area contributed by atoms with E-state index >= 15 is 0 Å². The highest BCUT2D eigenvalue weighted by Gasteiger charge is 2.36. The van der Waals surface area contributed by atoms with E-state index in [9.17, 15) is 22.8 Å². The van der Waals surface area contributed by atoms with Crippen molar-refractivity contribution in [3.8, 4) is 0 Å². The van der Waals surface area contributed by atoms with E-state index in [1.54, 1.807) is 30.7 Å². The van der Waals surface area contributed by atoms with Gasteiger partial charge in [0.25, 0.3) is 5.91 Å². The van der Waals surface area contributed by atoms with E-state index in [1.165, 1.54) is 30.2 Å². The molecule has 2 aromatic heterocycles. The summed E-state index contributed by atoms with van der Waals surface area (Å²) in [7, 11) is 0. The molecule has 3 heterocycles. The van der Waals surface area contributed by atoms with Gasteiger partial charge in [-0.15, -0.1) is 0 Å². The normalized spacial score (nSPS) is 15.7. The van der Waals surface area contributed by atoms with Gasteiger partial charge < -0.3 is 4.90 Å². The van der Waals surface area contributed by atoms with Gasteiger partial charge in [-0.05, 0) is 63.6 Å². The van der Waals surface area contributed by atoms with E-state index < -0.39 is 17.6 Å². The van der Waals surface area contributed by atoms with Gasteiger partial charge in [0, 0.05) is 41.2 Å². The summed E-state index contributed by atoms with van der Waals surface area (Å²) in [4.78, 5) is 32.0. The summed E-state index contributed by atoms with van der Waals surface area (Å²) >= 11 is 0. The molecule has 4 rings (SSSR count). The van der Waals surface area contributed by atoms with Gasteiger partial charge in [0.1, 0.15) is 5.69 Å². The number of aromatic nitrogens is 3. The van der Waals surface area contributed by atoms with E-state index in [0.29, 0.717) is 16.8 Å². The zero-order valence-corrected chi connectivity index (χ0v) is 20.2. The number of benzene rings is 1. The predicted octanol–water partition coefficient (Wildman–Crippen LogP) is 4.98. The standard InChI is InChI=1S/C24H23F3N4O2.H2S/c1-13-7-19(5-6-20(13)24(25,26)27)30-12-16(4)31-22(23(30)33)18(11-28-31)10-21(32)17-8-14(2)29-15(3)9-17;/h5-9,11,16H,10,12H2,1-4H3;1H2/t16-;/m0./s1. The van der Waals surface area contributed by atoms with Crippen molar-refractivity contribution in [1.29, 1.82) is 0 Å². The first-order chi connectivity index (χ1) is 15.5. The number of aryl methyl sites for hydroxylation is 3. The van der Waals surface area contributed by atoms with E-state index in [2.05, 4.69) is 10.1 Å². The summed E-state index contributed by atoms with van der Waals surface area (Å²) in [6, 6.07) is 6.86. The summed E-state index contributed by atoms with van der Waals surface area (Å²) < 4.78 is 41.0. The molecule has 0 unspecified atom stereocenters. The van der Waals surface area contributed by atoms with Crippen LogP contribution in [0.5, 0.6) is 0 Å². The minimum atomic E-state index is -4.46. The van der Waals surface area contributed by atoms with Gasteiger partial charge in [-0.3, -0.25) is 19.3 Å². The predicted molar refractivity (Wildman–Crippen MR) is 127 cm³/mol. The average Bonchev–Trinajstić information content (AvgIpc) is 3.13. The zero-order valence-electron chi connectivity index (χ0n) is 19.2. The maximum atomic E-state index is 13.4. The molecule has 6 nitrogen and oxygen atoms in total. The molecule has 0 spiro atoms. The van der Waals surface area contributed by atoms with Gasteiger partial charge in [-0.25, -0.2) is 0 Å². The molecule has 0 saturated heterocycles. The van der Waals surface area contributed by atoms with E-state index in [1.807, 2.05) is 6.92 Å². The molecule has 0 saturated carbocycles. The van der Waals surface area contributed by atoms with Gasteiger partial charge in [-0.2, -0.15) is 31.8 Å². The lowest BCUT2D eigenvalue weighted by Gasteiger charge is -2.32. The quantitative estimate of drug-likeness (QED) is 0.484. The number of carbonyl (C=O) groups excluding carboxylic acids is 2. The van der Waals surface area contributed by atoms with Crippen LogP contribution in [0, 0.1) is 20.8 Å². The van der Waals surface area contributed by atoms with Crippen molar-refractivity contribution >= 4 is 30.9 Å². The number of amides is 1. The first-order valence-corrected chi connectivity index (χ1v) is 10.5. The zero-order chi connectivity index (χ0) is 24.1. The summed E-state index contributed by atoms with van der Waals surface area (Å²) in [6.45, 7) is 7.11. The van der Waals surface area contributed by atoms with Crippen molar-refractivity contribution < 1.29 is 22.8 Å². The fourth-order valence-corrected chi connectivity index (χ4v) is 4.28. The Morgan fingerprint density at radius 3 is 2.35 bits per heavy atom. The van der Waals surface area contributed by atoms with E-state index in [4.69, 9.17) is 0 Å². The Bertz CT molecular complexity index is 1250. The molecule has 1 amide bonds. The fourth-order valence-electron chi connectivity index (χ4n) is 4.28. The van der Waals surface area contributed by atoms with Crippen LogP contribution >= 0.6 is 13.5 Å². The maximum Gasteiger partial charge on any atom is 0.416 e. The molecule has 3 aromatic rings. The van der Waals surface area contributed by atoms with Crippen LogP contribution in [0.2, 0.25) is 0 Å². The van der Waals surface area contributed by atoms with Gasteiger partial charge in [0.2, 0.25) is 0 Å². The highest BCUT2D eigenvalue weighted by Crippen LogP contribution is 2.35. The third kappa shape index (κ3) is 4.72. The van der Waals surface area contributed by atoms with Crippen molar-refractivity contribution in [2.45, 2.75) is 46.3 Å². The molecule has 1 atom stereocenters. The maximum absolute atomic E-state index is 13.4. The number of Topliss-reactive ketones (excluding diaryl/α,β-unsaturated/α-hetero) is 1. The van der Waals surface area contributed by atoms with Crippen molar-refractivity contribution in [2.75, 3.05) is 11.4 Å². The number of hydrogen-bond acceptors (Lipinski definition) is 4. The van der Waals surface area contributed by atoms with Crippen LogP contribution in [-0.2, 0) is 12.6 Å². The molecule has 1 aliphatic heterocycles. The average molecular weight is 491 g/mol. The third-order valence-electron chi connectivity index (χ3n) is 5.76. The lowest BCUT2D eigenvalue weighted by Crippen LogP contribution is -2.43. The van der Waals surface area contributed by atoms with Crippen LogP contribution in [0.4, 0.5) is 18.9 Å². The Labute approximate surface area is 202 Å². The molecular weight excluding hydrogens is 465 g/mol. The monoisotopic (exact) mass is 490 g/mol. The number of halogens is 3. The molecule has 0 radical (unpaired) electrons. The minimum Gasteiger partial charge on any atom is -0.305 e. The molecule has 10 heteroatoms. The summed E-state index contributed by atoms with van der Waals surface area (Å²) in [5, 5.41) is 4.32. The van der Waals surface area contributed by atoms with Gasteiger partial charge in [0.05, 0.1) is 17.8 Å². The Balaban J connectivity index is 0.00000324. The molecule has 0 fully saturated rings. The number of nitrogens with zero attached hydrogens (tertiary/aromatic N) is 4. The largest absolute Gasteiger partial charge is 0.416 e. The smallest absolute Gasteiger partial charge is 0.305 e. The first kappa shape index (κ1) is 25.5. The Morgan fingerprint density at radius 1 is 1.12 bits per heavy atom. The van der Waals surface area contributed by atoms with Gasteiger partial charge in [0.15, 0.2) is 5.78 Å². The summed E-state index contributed by atoms with van der Waals surface area (Å²) in [6.07, 6.45) is -2.96. The van der Waals surface area contributed by atoms with Crippen LogP contribution in [0.15, 0.2) is 36.5 Å². The summed E-state index contributed by atoms with van der Waals surface area (Å²) in [5.74, 6) is -0.558. The first-order valence-electron chi connectivity index (χ1n) is 10.5. The second kappa shape index (κ2) is 9.25. The Hall–Kier alpha value is -3.14. The lowest BCUT2D eigenvalue weighted by molar-refractivity contribution is -0.138. The second-order valence-corrected chi connectivity index (χ2v) is 8.46. The van der Waals surface area contributed by atoms with Crippen molar-refractivity contribution in [3.05, 3.63) is 75.9 Å². The van der Waals surface area contributed by atoms with Crippen LogP contribution in [0.25, 0.3) is 0 Å². The molecule has 180 valence electrons. The minimum absolute atomic E-state index is 0. The fraction of sp³-hybridized carbons (Fsp3) is 0.333. The number of hydrogen-bond donors (Lipinski definition) is 0. The van der Waals surface area contributed by atoms with Crippen molar-refractivity contribution in [1.82, 2.24) is 14.8 Å². The SMILES string of the molecule is Cc1cc(C(=O)Cc2cnn3c2C(=O)N(c2ccc(C(F)(F)F)c(C)c2)C[C@@H]3C)cc(C)n1.S. The van der Waals surface area contributed by atoms with E-state index in [-0.39, 0.29) is 49.5 Å². The van der Waals surface area contributed by atoms with E-state index in [0.717, 1.165) is 17.5 Å². The number of alkyl halides is 3. The van der Waals surface area contributed by atoms with Crippen LogP contribution < -0.4 is 4.90 Å². The van der Waals surface area contributed by atoms with Crippen LogP contribution in [0.3, 0.4) is 0 Å². The second-order valence-electron chi connectivity index (χ2n) is 8.46. The Morgan fingerprint density at radius 2 is 1.76 bits per heavy atom. The van der Waals surface area contributed by atoms with Crippen molar-refractivity contribution in [2.24, 2.45) is 0 Å². The van der Waals surface area contributed by atoms with Crippen molar-refractivity contribution in [3.63, 3.8) is 0 Å². The molecule has 34 heavy (non-hydrogen) atoms. The molecule has 1 aliphatic rings. The highest BCUT2D eigenvalue weighted by atomic mass is 32.1. The Kier molecular flexibility index (Phi) is 6.93. The molecule has 1 aromatic carbocycles. The number of ketones is 1. The van der Waals surface area contributed by atoms with Gasteiger partial charge >= 0.3 is 6.18 Å². The third-order valence-corrected chi connectivity index (χ3v) is 5.76. The number of pyridine rings is 1. The number of fused-ring (bicyclic) bond motifs is 1. The number of anilines is 1. The molecule has 0 N–H and O–H groups in total. The molecule has 0 bridgehead atoms. The van der Waals surface area contributed by atoms with Gasteiger partial charge in [-0.1, -0.05) is 0 Å². The molecule has 0 aliphatic carbocycles. The summed E-state index contributed by atoms with van der Waals surface area (Å²) in [5.41, 5.74) is 2.41. The van der Waals surface area contributed by atoms with Crippen LogP contribution in [0.1, 0.15) is 61.9 Å². The number of rotatable bonds is 4. The number of carbonyl (C=O) groups is 2. The topological polar surface area (TPSA) is 68.1 Å². The lowest BCUT2D eigenvalue weighted by atomic mass is 10.0. The highest BCUT2D eigenvalue weighted by molar-refractivity contribution is 7.59. The van der Waals surface area contributed by atoms with Crippen LogP contribution in [-0.4, -0.2) is 33.0 Å². The molecular formula is C24H25F3N4O2S.